The molecule has 0 aliphatic rings. The van der Waals surface area contributed by atoms with Gasteiger partial charge in [-0.15, -0.1) is 12.4 Å². The van der Waals surface area contributed by atoms with Crippen molar-refractivity contribution < 1.29 is 13.2 Å². The molecular weight excluding hydrogens is 352 g/mol. The lowest BCUT2D eigenvalue weighted by molar-refractivity contribution is -0.116. The maximum absolute atomic E-state index is 12.2. The van der Waals surface area contributed by atoms with Crippen LogP contribution >= 0.6 is 12.4 Å². The molecule has 138 valence electrons. The summed E-state index contributed by atoms with van der Waals surface area (Å²) < 4.78 is 25.6. The number of rotatable bonds is 7. The van der Waals surface area contributed by atoms with Crippen LogP contribution in [-0.4, -0.2) is 52.9 Å². The highest BCUT2D eigenvalue weighted by Gasteiger charge is 2.20. The zero-order valence-electron chi connectivity index (χ0n) is 14.7. The fraction of sp³-hybridized carbons (Fsp3) is 0.533. The Morgan fingerprint density at radius 3 is 2.29 bits per heavy atom. The molecule has 1 aromatic carbocycles. The lowest BCUT2D eigenvalue weighted by atomic mass is 10.2. The van der Waals surface area contributed by atoms with E-state index in [1.54, 1.807) is 6.07 Å². The molecule has 7 nitrogen and oxygen atoms in total. The number of nitrogens with zero attached hydrogens (tertiary/aromatic N) is 2. The van der Waals surface area contributed by atoms with Crippen molar-refractivity contribution in [2.75, 3.05) is 38.4 Å². The number of sulfonamides is 1. The van der Waals surface area contributed by atoms with Gasteiger partial charge >= 0.3 is 0 Å². The average Bonchev–Trinajstić information content (AvgIpc) is 2.44. The van der Waals surface area contributed by atoms with Gasteiger partial charge in [0.25, 0.3) is 0 Å². The molecule has 0 bridgehead atoms. The van der Waals surface area contributed by atoms with Crippen molar-refractivity contribution in [2.24, 2.45) is 5.73 Å². The second-order valence-electron chi connectivity index (χ2n) is 5.92. The lowest BCUT2D eigenvalue weighted by Crippen LogP contribution is -2.23. The summed E-state index contributed by atoms with van der Waals surface area (Å²) in [5.41, 5.74) is 6.85. The monoisotopic (exact) mass is 378 g/mol. The summed E-state index contributed by atoms with van der Waals surface area (Å²) in [5.74, 6) is -0.190. The Bertz CT molecular complexity index is 661. The SMILES string of the molecule is CC(N)CCC(=O)Nc1cc(S(=O)(=O)N(C)C)ccc1N(C)C.Cl. The third-order valence-corrected chi connectivity index (χ3v) is 5.14. The van der Waals surface area contributed by atoms with Crippen LogP contribution in [0.1, 0.15) is 19.8 Å². The molecule has 24 heavy (non-hydrogen) atoms. The standard InChI is InChI=1S/C15H26N4O3S.ClH/c1-11(16)6-9-15(20)17-13-10-12(23(21,22)19(4)5)7-8-14(13)18(2)3;/h7-8,10-11H,6,9,16H2,1-5H3,(H,17,20);1H. The van der Waals surface area contributed by atoms with E-state index in [0.717, 1.165) is 9.99 Å². The van der Waals surface area contributed by atoms with E-state index in [4.69, 9.17) is 5.73 Å². The van der Waals surface area contributed by atoms with Gasteiger partial charge < -0.3 is 16.0 Å². The normalized spacial score (nSPS) is 12.5. The summed E-state index contributed by atoms with van der Waals surface area (Å²) in [4.78, 5) is 14.0. The predicted octanol–water partition coefficient (Wildman–Crippen LogP) is 1.49. The van der Waals surface area contributed by atoms with E-state index in [-0.39, 0.29) is 35.7 Å². The predicted molar refractivity (Wildman–Crippen MR) is 100 cm³/mol. The van der Waals surface area contributed by atoms with Crippen molar-refractivity contribution in [2.45, 2.75) is 30.7 Å². The third kappa shape index (κ3) is 5.94. The van der Waals surface area contributed by atoms with Gasteiger partial charge in [-0.25, -0.2) is 12.7 Å². The summed E-state index contributed by atoms with van der Waals surface area (Å²) in [6.45, 7) is 1.84. The average molecular weight is 379 g/mol. The lowest BCUT2D eigenvalue weighted by Gasteiger charge is -2.20. The van der Waals surface area contributed by atoms with Crippen molar-refractivity contribution in [3.63, 3.8) is 0 Å². The first-order valence-electron chi connectivity index (χ1n) is 7.35. The van der Waals surface area contributed by atoms with Gasteiger partial charge in [0.2, 0.25) is 15.9 Å². The number of carbonyl (C=O) groups is 1. The quantitative estimate of drug-likeness (QED) is 0.749. The largest absolute Gasteiger partial charge is 0.376 e. The minimum atomic E-state index is -3.56. The third-order valence-electron chi connectivity index (χ3n) is 3.33. The summed E-state index contributed by atoms with van der Waals surface area (Å²) >= 11 is 0. The first-order valence-corrected chi connectivity index (χ1v) is 8.79. The van der Waals surface area contributed by atoms with E-state index in [9.17, 15) is 13.2 Å². The number of hydrogen-bond acceptors (Lipinski definition) is 5. The van der Waals surface area contributed by atoms with Gasteiger partial charge in [-0.3, -0.25) is 4.79 Å². The highest BCUT2D eigenvalue weighted by Crippen LogP contribution is 2.28. The molecule has 0 aliphatic heterocycles. The number of halogens is 1. The second-order valence-corrected chi connectivity index (χ2v) is 8.08. The Labute approximate surface area is 150 Å². The molecule has 1 unspecified atom stereocenters. The number of anilines is 2. The molecule has 0 aromatic heterocycles. The van der Waals surface area contributed by atoms with Crippen LogP contribution in [0.5, 0.6) is 0 Å². The van der Waals surface area contributed by atoms with Gasteiger partial charge in [0, 0.05) is 40.7 Å². The first kappa shape index (κ1) is 22.6. The smallest absolute Gasteiger partial charge is 0.242 e. The van der Waals surface area contributed by atoms with E-state index in [1.165, 1.54) is 26.2 Å². The zero-order valence-corrected chi connectivity index (χ0v) is 16.4. The number of carbonyl (C=O) groups excluding carboxylic acids is 1. The molecule has 0 fully saturated rings. The summed E-state index contributed by atoms with van der Waals surface area (Å²) in [6, 6.07) is 4.63. The molecule has 0 radical (unpaired) electrons. The van der Waals surface area contributed by atoms with Crippen LogP contribution in [0.2, 0.25) is 0 Å². The maximum Gasteiger partial charge on any atom is 0.242 e. The second kappa shape index (κ2) is 9.22. The van der Waals surface area contributed by atoms with Gasteiger partial charge in [0.05, 0.1) is 16.3 Å². The molecular formula is C15H27ClN4O3S. The van der Waals surface area contributed by atoms with Crippen LogP contribution in [-0.2, 0) is 14.8 Å². The number of benzene rings is 1. The summed E-state index contributed by atoms with van der Waals surface area (Å²) in [5, 5.41) is 2.78. The Kier molecular flexibility index (Phi) is 8.70. The molecule has 0 saturated heterocycles. The Morgan fingerprint density at radius 1 is 1.25 bits per heavy atom. The van der Waals surface area contributed by atoms with Crippen molar-refractivity contribution in [1.29, 1.82) is 0 Å². The maximum atomic E-state index is 12.2. The van der Waals surface area contributed by atoms with Crippen molar-refractivity contribution in [3.8, 4) is 0 Å². The fourth-order valence-corrected chi connectivity index (χ4v) is 2.88. The van der Waals surface area contributed by atoms with Gasteiger partial charge in [-0.1, -0.05) is 0 Å². The molecule has 1 atom stereocenters. The summed E-state index contributed by atoms with van der Waals surface area (Å²) in [6.07, 6.45) is 0.855. The molecule has 0 heterocycles. The summed E-state index contributed by atoms with van der Waals surface area (Å²) in [7, 11) is 3.03. The molecule has 0 saturated carbocycles. The zero-order chi connectivity index (χ0) is 17.8. The van der Waals surface area contributed by atoms with Crippen LogP contribution in [0.25, 0.3) is 0 Å². The van der Waals surface area contributed by atoms with E-state index >= 15 is 0 Å². The van der Waals surface area contributed by atoms with Crippen LogP contribution in [0.15, 0.2) is 23.1 Å². The minimum Gasteiger partial charge on any atom is -0.376 e. The molecule has 0 aliphatic carbocycles. The Hall–Kier alpha value is -1.35. The first-order chi connectivity index (χ1) is 10.6. The molecule has 1 amide bonds. The van der Waals surface area contributed by atoms with Gasteiger partial charge in [-0.05, 0) is 31.5 Å². The van der Waals surface area contributed by atoms with Crippen LogP contribution in [0.4, 0.5) is 11.4 Å². The highest BCUT2D eigenvalue weighted by molar-refractivity contribution is 7.89. The fourth-order valence-electron chi connectivity index (χ4n) is 1.95. The Morgan fingerprint density at radius 2 is 1.83 bits per heavy atom. The Balaban J connectivity index is 0.00000529. The number of hydrogen-bond donors (Lipinski definition) is 2. The van der Waals surface area contributed by atoms with E-state index in [2.05, 4.69) is 5.32 Å². The molecule has 1 aromatic rings. The van der Waals surface area contributed by atoms with Crippen molar-refractivity contribution >= 4 is 39.7 Å². The van der Waals surface area contributed by atoms with Crippen LogP contribution in [0.3, 0.4) is 0 Å². The van der Waals surface area contributed by atoms with Crippen LogP contribution in [0, 0.1) is 0 Å². The van der Waals surface area contributed by atoms with Gasteiger partial charge in [0.1, 0.15) is 0 Å². The number of amides is 1. The number of nitrogens with one attached hydrogen (secondary N) is 1. The molecule has 1 rings (SSSR count). The molecule has 3 N–H and O–H groups in total. The van der Waals surface area contributed by atoms with E-state index < -0.39 is 10.0 Å². The molecule has 0 spiro atoms. The van der Waals surface area contributed by atoms with E-state index in [0.29, 0.717) is 12.1 Å². The van der Waals surface area contributed by atoms with Crippen LogP contribution < -0.4 is 16.0 Å². The minimum absolute atomic E-state index is 0. The van der Waals surface area contributed by atoms with Crippen molar-refractivity contribution in [3.05, 3.63) is 18.2 Å². The number of nitrogens with two attached hydrogens (primary N) is 1. The van der Waals surface area contributed by atoms with E-state index in [1.807, 2.05) is 25.9 Å². The van der Waals surface area contributed by atoms with Gasteiger partial charge in [-0.2, -0.15) is 0 Å². The van der Waals surface area contributed by atoms with Gasteiger partial charge in [0.15, 0.2) is 0 Å². The highest BCUT2D eigenvalue weighted by atomic mass is 35.5. The molecule has 9 heteroatoms. The van der Waals surface area contributed by atoms with Crippen molar-refractivity contribution in [1.82, 2.24) is 4.31 Å². The topological polar surface area (TPSA) is 95.7 Å².